The Hall–Kier alpha value is -0.800. The molecule has 10 heteroatoms. The zero-order chi connectivity index (χ0) is 36.8. The van der Waals surface area contributed by atoms with Gasteiger partial charge in [0.25, 0.3) is 0 Å². The first kappa shape index (κ1) is 49.2. The molecule has 3 unspecified atom stereocenters. The summed E-state index contributed by atoms with van der Waals surface area (Å²) in [4.78, 5) is 22.5. The fourth-order valence-corrected chi connectivity index (χ4v) is 6.55. The van der Waals surface area contributed by atoms with Crippen molar-refractivity contribution in [3.8, 4) is 0 Å². The van der Waals surface area contributed by atoms with Gasteiger partial charge in [-0.2, -0.15) is 0 Å². The topological polar surface area (TPSA) is 132 Å². The fraction of sp³-hybridized carbons (Fsp3) is 0.925. The summed E-state index contributed by atoms with van der Waals surface area (Å²) < 4.78 is 33.3. The number of carbonyl (C=O) groups excluding carboxylic acids is 1. The van der Waals surface area contributed by atoms with Gasteiger partial charge in [0.15, 0.2) is 0 Å². The van der Waals surface area contributed by atoms with Crippen molar-refractivity contribution in [2.75, 3.05) is 33.0 Å². The average Bonchev–Trinajstić information content (AvgIpc) is 3.10. The number of hydrogen-bond acceptors (Lipinski definition) is 8. The minimum Gasteiger partial charge on any atom is -0.457 e. The van der Waals surface area contributed by atoms with E-state index in [0.29, 0.717) is 6.61 Å². The second kappa shape index (κ2) is 37.9. The maximum atomic E-state index is 12.6. The molecule has 0 saturated carbocycles. The molecule has 0 amide bonds. The Balaban J connectivity index is 4.17. The molecule has 0 aliphatic heterocycles. The van der Waals surface area contributed by atoms with Gasteiger partial charge in [0, 0.05) is 13.0 Å². The minimum absolute atomic E-state index is 0.0528. The number of unbranched alkanes of at least 4 members (excludes halogenated alkanes) is 24. The minimum atomic E-state index is -4.51. The fourth-order valence-electron chi connectivity index (χ4n) is 5.76. The smallest absolute Gasteiger partial charge is 0.457 e. The maximum absolute atomic E-state index is 12.6. The van der Waals surface area contributed by atoms with Gasteiger partial charge in [-0.25, -0.2) is 4.57 Å². The largest absolute Gasteiger partial charge is 0.472 e. The number of hydrogen-bond donors (Lipinski definition) is 3. The number of allylic oxidation sites excluding steroid dienone is 2. The Bertz CT molecular complexity index is 795. The van der Waals surface area contributed by atoms with Crippen molar-refractivity contribution in [2.45, 2.75) is 206 Å². The van der Waals surface area contributed by atoms with E-state index in [0.717, 1.165) is 44.9 Å². The van der Waals surface area contributed by atoms with Crippen LogP contribution in [-0.2, 0) is 27.9 Å². The second-order valence-corrected chi connectivity index (χ2v) is 15.5. The van der Waals surface area contributed by atoms with Crippen LogP contribution in [0.2, 0.25) is 0 Å². The molecule has 50 heavy (non-hydrogen) atoms. The molecule has 0 aliphatic carbocycles. The van der Waals surface area contributed by atoms with E-state index >= 15 is 0 Å². The Labute approximate surface area is 307 Å². The molecule has 0 spiro atoms. The Morgan fingerprint density at radius 2 is 1.02 bits per heavy atom. The van der Waals surface area contributed by atoms with Gasteiger partial charge in [-0.05, 0) is 38.5 Å². The van der Waals surface area contributed by atoms with Gasteiger partial charge in [-0.1, -0.05) is 161 Å². The molecular weight excluding hydrogens is 655 g/mol. The lowest BCUT2D eigenvalue weighted by molar-refractivity contribution is -0.154. The van der Waals surface area contributed by atoms with Gasteiger partial charge in [0.05, 0.1) is 26.4 Å². The SMILES string of the molecule is CCCCCCCC/C=C\CCCCCCCCCC(=O)OC(COCCCCCCCCCCCCCC)COP(=O)(O)OCC(O)CO. The lowest BCUT2D eigenvalue weighted by Crippen LogP contribution is -2.29. The maximum Gasteiger partial charge on any atom is 0.472 e. The summed E-state index contributed by atoms with van der Waals surface area (Å²) in [5.41, 5.74) is 0. The molecule has 0 aromatic carbocycles. The number of aliphatic hydroxyl groups excluding tert-OH is 2. The third-order valence-electron chi connectivity index (χ3n) is 8.95. The van der Waals surface area contributed by atoms with Crippen LogP contribution in [0, 0.1) is 0 Å². The molecule has 3 atom stereocenters. The number of rotatable bonds is 40. The summed E-state index contributed by atoms with van der Waals surface area (Å²) in [5, 5.41) is 18.3. The van der Waals surface area contributed by atoms with Crippen molar-refractivity contribution in [3.63, 3.8) is 0 Å². The number of esters is 1. The molecule has 0 aromatic heterocycles. The quantitative estimate of drug-likeness (QED) is 0.0243. The van der Waals surface area contributed by atoms with Gasteiger partial charge in [-0.15, -0.1) is 0 Å². The van der Waals surface area contributed by atoms with E-state index in [4.69, 9.17) is 23.6 Å². The molecule has 9 nitrogen and oxygen atoms in total. The highest BCUT2D eigenvalue weighted by molar-refractivity contribution is 7.47. The van der Waals surface area contributed by atoms with Crippen LogP contribution in [0.15, 0.2) is 12.2 Å². The number of phosphoric ester groups is 1. The Morgan fingerprint density at radius 3 is 1.50 bits per heavy atom. The third kappa shape index (κ3) is 37.0. The predicted octanol–water partition coefficient (Wildman–Crippen LogP) is 10.9. The predicted molar refractivity (Wildman–Crippen MR) is 205 cm³/mol. The summed E-state index contributed by atoms with van der Waals surface area (Å²) in [6.45, 7) is 3.53. The number of ether oxygens (including phenoxy) is 2. The number of phosphoric acid groups is 1. The van der Waals surface area contributed by atoms with Gasteiger partial charge < -0.3 is 24.6 Å². The Kier molecular flexibility index (Phi) is 37.3. The van der Waals surface area contributed by atoms with Crippen molar-refractivity contribution in [2.24, 2.45) is 0 Å². The molecule has 298 valence electrons. The monoisotopic (exact) mass is 735 g/mol. The standard InChI is InChI=1S/C40H79O9P/c1-3-5-7-9-11-13-15-17-18-19-20-21-22-24-26-28-30-32-40(43)49-39(37-48-50(44,45)47-35-38(42)34-41)36-46-33-31-29-27-25-23-16-14-12-10-8-6-4-2/h17-18,38-39,41-42H,3-16,19-37H2,1-2H3,(H,44,45)/b18-17-. The zero-order valence-electron chi connectivity index (χ0n) is 32.4. The van der Waals surface area contributed by atoms with E-state index in [1.807, 2.05) is 0 Å². The van der Waals surface area contributed by atoms with Crippen LogP contribution in [0.25, 0.3) is 0 Å². The van der Waals surface area contributed by atoms with E-state index in [1.165, 1.54) is 128 Å². The van der Waals surface area contributed by atoms with Crippen LogP contribution < -0.4 is 0 Å². The molecule has 0 saturated heterocycles. The molecular formula is C40H79O9P. The number of carbonyl (C=O) groups is 1. The first-order valence-corrected chi connectivity index (χ1v) is 22.2. The highest BCUT2D eigenvalue weighted by Crippen LogP contribution is 2.43. The van der Waals surface area contributed by atoms with E-state index in [1.54, 1.807) is 0 Å². The van der Waals surface area contributed by atoms with Crippen LogP contribution in [0.5, 0.6) is 0 Å². The van der Waals surface area contributed by atoms with Crippen molar-refractivity contribution in [3.05, 3.63) is 12.2 Å². The highest BCUT2D eigenvalue weighted by atomic mass is 31.2. The highest BCUT2D eigenvalue weighted by Gasteiger charge is 2.26. The lowest BCUT2D eigenvalue weighted by Gasteiger charge is -2.20. The van der Waals surface area contributed by atoms with Gasteiger partial charge >= 0.3 is 13.8 Å². The molecule has 0 aliphatic rings. The zero-order valence-corrected chi connectivity index (χ0v) is 33.3. The van der Waals surface area contributed by atoms with Crippen LogP contribution >= 0.6 is 7.82 Å². The summed E-state index contributed by atoms with van der Waals surface area (Å²) in [6.07, 6.45) is 35.9. The van der Waals surface area contributed by atoms with Gasteiger partial charge in [-0.3, -0.25) is 13.8 Å². The summed E-state index contributed by atoms with van der Waals surface area (Å²) in [6, 6.07) is 0. The van der Waals surface area contributed by atoms with Crippen LogP contribution in [0.4, 0.5) is 0 Å². The van der Waals surface area contributed by atoms with Crippen LogP contribution in [0.3, 0.4) is 0 Å². The molecule has 0 aromatic rings. The lowest BCUT2D eigenvalue weighted by atomic mass is 10.1. The molecule has 0 radical (unpaired) electrons. The molecule has 0 heterocycles. The van der Waals surface area contributed by atoms with E-state index in [-0.39, 0.29) is 25.6 Å². The van der Waals surface area contributed by atoms with Gasteiger partial charge in [0.2, 0.25) is 0 Å². The van der Waals surface area contributed by atoms with E-state index in [9.17, 15) is 19.4 Å². The van der Waals surface area contributed by atoms with Crippen molar-refractivity contribution < 1.29 is 43.0 Å². The van der Waals surface area contributed by atoms with Crippen molar-refractivity contribution >= 4 is 13.8 Å². The van der Waals surface area contributed by atoms with E-state index in [2.05, 4.69) is 26.0 Å². The molecule has 0 rings (SSSR count). The summed E-state index contributed by atoms with van der Waals surface area (Å²) in [7, 11) is -4.51. The average molecular weight is 735 g/mol. The van der Waals surface area contributed by atoms with E-state index < -0.39 is 33.2 Å². The second-order valence-electron chi connectivity index (χ2n) is 14.0. The van der Waals surface area contributed by atoms with Crippen LogP contribution in [-0.4, -0.2) is 66.3 Å². The molecule has 3 N–H and O–H groups in total. The Morgan fingerprint density at radius 1 is 0.600 bits per heavy atom. The van der Waals surface area contributed by atoms with Gasteiger partial charge in [0.1, 0.15) is 12.2 Å². The first-order valence-electron chi connectivity index (χ1n) is 20.7. The van der Waals surface area contributed by atoms with Crippen LogP contribution in [0.1, 0.15) is 194 Å². The van der Waals surface area contributed by atoms with Crippen molar-refractivity contribution in [1.29, 1.82) is 0 Å². The van der Waals surface area contributed by atoms with Crippen molar-refractivity contribution in [1.82, 2.24) is 0 Å². The third-order valence-corrected chi connectivity index (χ3v) is 9.90. The summed E-state index contributed by atoms with van der Waals surface area (Å²) in [5.74, 6) is -0.385. The normalized spacial score (nSPS) is 14.3. The molecule has 0 fully saturated rings. The summed E-state index contributed by atoms with van der Waals surface area (Å²) >= 11 is 0. The number of aliphatic hydroxyl groups is 2. The molecule has 0 bridgehead atoms. The first-order chi connectivity index (χ1) is 24.3.